The van der Waals surface area contributed by atoms with Crippen LogP contribution in [0.5, 0.6) is 11.6 Å². The second-order valence-electron chi connectivity index (χ2n) is 6.46. The standard InChI is InChI=1S/C16H23ClN4O3/c1-20-5-3-10(20)8-23-13-7-12(15(18)22)14(17)19-16(13)24-9-11-4-6-21(11)2/h7,10-11H,3-6,8-9H2,1-2H3,(H2,18,22)/t10-,11-/m1/s1. The maximum atomic E-state index is 11.5. The summed E-state index contributed by atoms with van der Waals surface area (Å²) in [5.41, 5.74) is 5.49. The lowest BCUT2D eigenvalue weighted by Gasteiger charge is -2.38. The number of halogens is 1. The van der Waals surface area contributed by atoms with Crippen LogP contribution >= 0.6 is 11.6 Å². The molecule has 2 fully saturated rings. The number of amides is 1. The Balaban J connectivity index is 1.73. The monoisotopic (exact) mass is 354 g/mol. The van der Waals surface area contributed by atoms with Crippen molar-refractivity contribution in [2.45, 2.75) is 24.9 Å². The average Bonchev–Trinajstić information content (AvgIpc) is 2.53. The zero-order chi connectivity index (χ0) is 17.3. The predicted molar refractivity (Wildman–Crippen MR) is 90.8 cm³/mol. The zero-order valence-corrected chi connectivity index (χ0v) is 14.8. The third kappa shape index (κ3) is 3.58. The summed E-state index contributed by atoms with van der Waals surface area (Å²) in [6.07, 6.45) is 2.18. The first-order valence-electron chi connectivity index (χ1n) is 8.12. The normalized spacial score (nSPS) is 24.1. The van der Waals surface area contributed by atoms with E-state index in [2.05, 4.69) is 28.9 Å². The van der Waals surface area contributed by atoms with Gasteiger partial charge in [0.1, 0.15) is 18.4 Å². The molecule has 8 heteroatoms. The van der Waals surface area contributed by atoms with Crippen LogP contribution in [0.4, 0.5) is 0 Å². The maximum Gasteiger partial charge on any atom is 0.258 e. The van der Waals surface area contributed by atoms with Gasteiger partial charge in [0.25, 0.3) is 11.8 Å². The van der Waals surface area contributed by atoms with Crippen molar-refractivity contribution in [3.63, 3.8) is 0 Å². The quantitative estimate of drug-likeness (QED) is 0.736. The van der Waals surface area contributed by atoms with E-state index in [1.54, 1.807) is 0 Å². The van der Waals surface area contributed by atoms with Crippen molar-refractivity contribution in [2.24, 2.45) is 5.73 Å². The zero-order valence-electron chi connectivity index (χ0n) is 14.0. The van der Waals surface area contributed by atoms with Gasteiger partial charge in [-0.2, -0.15) is 4.98 Å². The number of rotatable bonds is 7. The molecule has 1 amide bonds. The van der Waals surface area contributed by atoms with Crippen molar-refractivity contribution in [1.82, 2.24) is 14.8 Å². The molecular weight excluding hydrogens is 332 g/mol. The Labute approximate surface area is 146 Å². The molecule has 3 rings (SSSR count). The molecule has 2 atom stereocenters. The molecule has 24 heavy (non-hydrogen) atoms. The number of carbonyl (C=O) groups is 1. The Hall–Kier alpha value is -1.57. The van der Waals surface area contributed by atoms with Gasteiger partial charge in [-0.3, -0.25) is 14.6 Å². The maximum absolute atomic E-state index is 11.5. The molecular formula is C16H23ClN4O3. The first-order chi connectivity index (χ1) is 11.5. The Morgan fingerprint density at radius 1 is 1.25 bits per heavy atom. The van der Waals surface area contributed by atoms with Gasteiger partial charge in [-0.15, -0.1) is 0 Å². The van der Waals surface area contributed by atoms with E-state index in [4.69, 9.17) is 26.8 Å². The second-order valence-corrected chi connectivity index (χ2v) is 6.82. The molecule has 3 heterocycles. The van der Waals surface area contributed by atoms with Gasteiger partial charge in [0.15, 0.2) is 5.75 Å². The van der Waals surface area contributed by atoms with Gasteiger partial charge in [0, 0.05) is 18.2 Å². The van der Waals surface area contributed by atoms with Crippen molar-refractivity contribution in [2.75, 3.05) is 40.4 Å². The van der Waals surface area contributed by atoms with E-state index in [-0.39, 0.29) is 10.7 Å². The van der Waals surface area contributed by atoms with Crippen LogP contribution in [0.15, 0.2) is 6.07 Å². The van der Waals surface area contributed by atoms with E-state index in [1.807, 2.05) is 0 Å². The molecule has 7 nitrogen and oxygen atoms in total. The van der Waals surface area contributed by atoms with Crippen LogP contribution in [-0.4, -0.2) is 73.2 Å². The Morgan fingerprint density at radius 2 is 1.83 bits per heavy atom. The molecule has 0 unspecified atom stereocenters. The lowest BCUT2D eigenvalue weighted by molar-refractivity contribution is 0.0645. The number of hydrogen-bond acceptors (Lipinski definition) is 6. The summed E-state index contributed by atoms with van der Waals surface area (Å²) in [5, 5.41) is 0.0348. The molecule has 2 saturated heterocycles. The SMILES string of the molecule is CN1CC[C@@H]1COc1cc(C(N)=O)c(Cl)nc1OC[C@H]1CCN1C. The number of primary amides is 1. The lowest BCUT2D eigenvalue weighted by Crippen LogP contribution is -2.48. The number of pyridine rings is 1. The van der Waals surface area contributed by atoms with Gasteiger partial charge in [0.05, 0.1) is 5.56 Å². The topological polar surface area (TPSA) is 80.9 Å². The fourth-order valence-corrected chi connectivity index (χ4v) is 2.98. The Bertz CT molecular complexity index is 628. The minimum atomic E-state index is -0.636. The molecule has 0 saturated carbocycles. The Morgan fingerprint density at radius 3 is 2.29 bits per heavy atom. The molecule has 132 valence electrons. The number of hydrogen-bond donors (Lipinski definition) is 1. The number of carbonyl (C=O) groups excluding carboxylic acids is 1. The van der Waals surface area contributed by atoms with E-state index < -0.39 is 5.91 Å². The molecule has 1 aromatic rings. The van der Waals surface area contributed by atoms with Crippen molar-refractivity contribution in [3.8, 4) is 11.6 Å². The van der Waals surface area contributed by atoms with E-state index in [1.165, 1.54) is 6.07 Å². The summed E-state index contributed by atoms with van der Waals surface area (Å²) in [5.74, 6) is 0.0890. The van der Waals surface area contributed by atoms with Crippen LogP contribution in [0.3, 0.4) is 0 Å². The van der Waals surface area contributed by atoms with E-state index in [0.717, 1.165) is 25.9 Å². The number of nitrogens with two attached hydrogens (primary N) is 1. The highest BCUT2D eigenvalue weighted by atomic mass is 35.5. The van der Waals surface area contributed by atoms with Crippen molar-refractivity contribution < 1.29 is 14.3 Å². The molecule has 0 bridgehead atoms. The van der Waals surface area contributed by atoms with Crippen LogP contribution in [0.1, 0.15) is 23.2 Å². The van der Waals surface area contributed by atoms with Gasteiger partial charge in [-0.25, -0.2) is 0 Å². The van der Waals surface area contributed by atoms with Crippen LogP contribution in [0.25, 0.3) is 0 Å². The van der Waals surface area contributed by atoms with Crippen molar-refractivity contribution >= 4 is 17.5 Å². The van der Waals surface area contributed by atoms with Gasteiger partial charge >= 0.3 is 0 Å². The minimum absolute atomic E-state index is 0.0348. The van der Waals surface area contributed by atoms with Crippen molar-refractivity contribution in [3.05, 3.63) is 16.8 Å². The number of likely N-dealkylation sites (tertiary alicyclic amines) is 2. The minimum Gasteiger partial charge on any atom is -0.486 e. The molecule has 2 aliphatic rings. The number of nitrogens with zero attached hydrogens (tertiary/aromatic N) is 3. The summed E-state index contributed by atoms with van der Waals surface area (Å²) in [4.78, 5) is 20.1. The molecule has 0 radical (unpaired) electrons. The van der Waals surface area contributed by atoms with Gasteiger partial charge in [-0.05, 0) is 40.0 Å². The first-order valence-corrected chi connectivity index (χ1v) is 8.50. The summed E-state index contributed by atoms with van der Waals surface area (Å²) in [6.45, 7) is 3.16. The highest BCUT2D eigenvalue weighted by molar-refractivity contribution is 6.32. The highest BCUT2D eigenvalue weighted by Crippen LogP contribution is 2.31. The van der Waals surface area contributed by atoms with Crippen LogP contribution in [-0.2, 0) is 0 Å². The van der Waals surface area contributed by atoms with Gasteiger partial charge in [0.2, 0.25) is 0 Å². The van der Waals surface area contributed by atoms with E-state index >= 15 is 0 Å². The number of aromatic nitrogens is 1. The largest absolute Gasteiger partial charge is 0.486 e. The fourth-order valence-electron chi connectivity index (χ4n) is 2.76. The predicted octanol–water partition coefficient (Wildman–Crippen LogP) is 1.000. The Kier molecular flexibility index (Phi) is 5.12. The van der Waals surface area contributed by atoms with E-state index in [0.29, 0.717) is 36.9 Å². The highest BCUT2D eigenvalue weighted by Gasteiger charge is 2.27. The molecule has 0 spiro atoms. The summed E-state index contributed by atoms with van der Waals surface area (Å²) in [7, 11) is 4.11. The van der Waals surface area contributed by atoms with Crippen LogP contribution < -0.4 is 15.2 Å². The third-order valence-electron chi connectivity index (χ3n) is 4.89. The van der Waals surface area contributed by atoms with Crippen molar-refractivity contribution in [1.29, 1.82) is 0 Å². The summed E-state index contributed by atoms with van der Waals surface area (Å²) >= 11 is 6.05. The van der Waals surface area contributed by atoms with E-state index in [9.17, 15) is 4.79 Å². The summed E-state index contributed by atoms with van der Waals surface area (Å²) < 4.78 is 11.7. The lowest BCUT2D eigenvalue weighted by atomic mass is 10.1. The number of ether oxygens (including phenoxy) is 2. The molecule has 2 aliphatic heterocycles. The number of likely N-dealkylation sites (N-methyl/N-ethyl adjacent to an activating group) is 2. The molecule has 1 aromatic heterocycles. The smallest absolute Gasteiger partial charge is 0.258 e. The molecule has 0 aliphatic carbocycles. The fraction of sp³-hybridized carbons (Fsp3) is 0.625. The van der Waals surface area contributed by atoms with Gasteiger partial charge in [-0.1, -0.05) is 11.6 Å². The average molecular weight is 355 g/mol. The van der Waals surface area contributed by atoms with Crippen LogP contribution in [0, 0.1) is 0 Å². The molecule has 0 aromatic carbocycles. The molecule has 2 N–H and O–H groups in total. The second kappa shape index (κ2) is 7.13. The van der Waals surface area contributed by atoms with Crippen LogP contribution in [0.2, 0.25) is 5.15 Å². The summed E-state index contributed by atoms with van der Waals surface area (Å²) in [6, 6.07) is 2.26. The first kappa shape index (κ1) is 17.3. The third-order valence-corrected chi connectivity index (χ3v) is 5.18. The van der Waals surface area contributed by atoms with Gasteiger partial charge < -0.3 is 15.2 Å².